The molecule has 0 unspecified atom stereocenters. The van der Waals surface area contributed by atoms with Crippen LogP contribution >= 0.6 is 0 Å². The third kappa shape index (κ3) is 5.31. The lowest BCUT2D eigenvalue weighted by Gasteiger charge is -2.29. The average Bonchev–Trinajstić information content (AvgIpc) is 3.54. The Morgan fingerprint density at radius 1 is 0.370 bits per heavy atom. The van der Waals surface area contributed by atoms with Crippen LogP contribution in [0.15, 0.2) is 156 Å². The molecule has 0 saturated heterocycles. The molecular formula is C52H43NO. The molecule has 0 radical (unpaired) electrons. The standard InChI is InChI=1S/C52H43NO/c1-51(2,3)38-19-16-32(17-20-38)33-14-15-34-26-44-46(28-36(34)24-33)45-27-35-18-21-41(25-37(35)29-47(44)45)53(40-11-9-10-39(30-40)52(4,5)6)42-22-23-50-48(31-42)43-12-7-8-13-49(43)54-50/h7-31H,1-6H3. The number of hydrogen-bond acceptors (Lipinski definition) is 2. The maximum absolute atomic E-state index is 6.23. The molecular weight excluding hydrogens is 655 g/mol. The molecule has 1 aliphatic carbocycles. The summed E-state index contributed by atoms with van der Waals surface area (Å²) in [6.07, 6.45) is 0. The van der Waals surface area contributed by atoms with Crippen LogP contribution in [0.25, 0.3) is 76.9 Å². The molecule has 8 aromatic carbocycles. The highest BCUT2D eigenvalue weighted by Crippen LogP contribution is 2.51. The third-order valence-corrected chi connectivity index (χ3v) is 11.4. The second-order valence-electron chi connectivity index (χ2n) is 17.1. The number of anilines is 3. The largest absolute Gasteiger partial charge is 0.456 e. The van der Waals surface area contributed by atoms with Crippen LogP contribution in [-0.2, 0) is 10.8 Å². The van der Waals surface area contributed by atoms with Gasteiger partial charge in [0.25, 0.3) is 0 Å². The predicted octanol–water partition coefficient (Wildman–Crippen LogP) is 15.3. The van der Waals surface area contributed by atoms with E-state index in [1.807, 2.05) is 12.1 Å². The lowest BCUT2D eigenvalue weighted by atomic mass is 9.77. The molecule has 1 aliphatic rings. The molecule has 262 valence electrons. The van der Waals surface area contributed by atoms with Gasteiger partial charge in [0, 0.05) is 27.8 Å². The van der Waals surface area contributed by atoms with Gasteiger partial charge in [0.05, 0.1) is 0 Å². The summed E-state index contributed by atoms with van der Waals surface area (Å²) >= 11 is 0. The van der Waals surface area contributed by atoms with E-state index in [0.29, 0.717) is 0 Å². The summed E-state index contributed by atoms with van der Waals surface area (Å²) in [5, 5.41) is 7.29. The quantitative estimate of drug-likeness (QED) is 0.182. The molecule has 9 aromatic rings. The number of benzene rings is 8. The van der Waals surface area contributed by atoms with Gasteiger partial charge in [-0.05, 0) is 156 Å². The fourth-order valence-corrected chi connectivity index (χ4v) is 8.30. The van der Waals surface area contributed by atoms with E-state index in [2.05, 4.69) is 186 Å². The molecule has 0 bridgehead atoms. The average molecular weight is 698 g/mol. The molecule has 0 amide bonds. The second-order valence-corrected chi connectivity index (χ2v) is 17.1. The number of furan rings is 1. The minimum atomic E-state index is 0.0227. The van der Waals surface area contributed by atoms with Crippen molar-refractivity contribution in [3.8, 4) is 33.4 Å². The molecule has 2 nitrogen and oxygen atoms in total. The normalized spacial score (nSPS) is 12.6. The van der Waals surface area contributed by atoms with E-state index in [0.717, 1.165) is 39.0 Å². The highest BCUT2D eigenvalue weighted by atomic mass is 16.3. The molecule has 10 rings (SSSR count). The van der Waals surface area contributed by atoms with Gasteiger partial charge in [-0.3, -0.25) is 0 Å². The van der Waals surface area contributed by atoms with E-state index in [-0.39, 0.29) is 10.8 Å². The zero-order chi connectivity index (χ0) is 36.9. The third-order valence-electron chi connectivity index (χ3n) is 11.4. The van der Waals surface area contributed by atoms with Gasteiger partial charge in [-0.2, -0.15) is 0 Å². The molecule has 54 heavy (non-hydrogen) atoms. The molecule has 0 spiro atoms. The van der Waals surface area contributed by atoms with Gasteiger partial charge < -0.3 is 9.32 Å². The van der Waals surface area contributed by atoms with Crippen LogP contribution in [0.1, 0.15) is 52.7 Å². The van der Waals surface area contributed by atoms with Gasteiger partial charge in [-0.1, -0.05) is 114 Å². The van der Waals surface area contributed by atoms with Crippen molar-refractivity contribution in [3.63, 3.8) is 0 Å². The predicted molar refractivity (Wildman–Crippen MR) is 231 cm³/mol. The Kier molecular flexibility index (Phi) is 7.04. The lowest BCUT2D eigenvalue weighted by Crippen LogP contribution is -2.14. The van der Waals surface area contributed by atoms with Crippen molar-refractivity contribution >= 4 is 60.5 Å². The Bertz CT molecular complexity index is 2950. The van der Waals surface area contributed by atoms with E-state index in [1.54, 1.807) is 0 Å². The number of fused-ring (bicyclic) bond motifs is 9. The van der Waals surface area contributed by atoms with Crippen molar-refractivity contribution in [2.75, 3.05) is 4.90 Å². The van der Waals surface area contributed by atoms with E-state index < -0.39 is 0 Å². The van der Waals surface area contributed by atoms with E-state index >= 15 is 0 Å². The Morgan fingerprint density at radius 3 is 1.63 bits per heavy atom. The molecule has 0 N–H and O–H groups in total. The van der Waals surface area contributed by atoms with Crippen LogP contribution in [0.4, 0.5) is 17.1 Å². The van der Waals surface area contributed by atoms with Crippen molar-refractivity contribution in [2.24, 2.45) is 0 Å². The summed E-state index contributed by atoms with van der Waals surface area (Å²) in [6.45, 7) is 13.6. The van der Waals surface area contributed by atoms with Crippen LogP contribution in [0.2, 0.25) is 0 Å². The van der Waals surface area contributed by atoms with Gasteiger partial charge in [-0.25, -0.2) is 0 Å². The van der Waals surface area contributed by atoms with Crippen LogP contribution in [0.3, 0.4) is 0 Å². The van der Waals surface area contributed by atoms with E-state index in [1.165, 1.54) is 66.1 Å². The fourth-order valence-electron chi connectivity index (χ4n) is 8.30. The highest BCUT2D eigenvalue weighted by molar-refractivity contribution is 6.13. The fraction of sp³-hybridized carbons (Fsp3) is 0.154. The van der Waals surface area contributed by atoms with Crippen LogP contribution in [-0.4, -0.2) is 0 Å². The Morgan fingerprint density at radius 2 is 0.926 bits per heavy atom. The zero-order valence-electron chi connectivity index (χ0n) is 31.8. The highest BCUT2D eigenvalue weighted by Gasteiger charge is 2.25. The molecule has 0 saturated carbocycles. The Hall–Kier alpha value is -6.12. The first-order valence-electron chi connectivity index (χ1n) is 19.1. The summed E-state index contributed by atoms with van der Waals surface area (Å²) in [7, 11) is 0. The minimum Gasteiger partial charge on any atom is -0.456 e. The number of nitrogens with zero attached hydrogens (tertiary/aromatic N) is 1. The Balaban J connectivity index is 1.06. The smallest absolute Gasteiger partial charge is 0.135 e. The van der Waals surface area contributed by atoms with Crippen LogP contribution < -0.4 is 4.90 Å². The SMILES string of the molecule is CC(C)(C)c1ccc(-c2ccc3cc4c(cc3c2)-c2cc3ccc(N(c5cccc(C(C)(C)C)c5)c5ccc6oc7ccccc7c6c5)cc3cc2-4)cc1. The summed E-state index contributed by atoms with van der Waals surface area (Å²) in [5.41, 5.74) is 15.8. The Labute approximate surface area is 317 Å². The molecule has 0 fully saturated rings. The van der Waals surface area contributed by atoms with Crippen molar-refractivity contribution in [3.05, 3.63) is 163 Å². The number of para-hydroxylation sites is 1. The zero-order valence-corrected chi connectivity index (χ0v) is 31.8. The molecule has 1 aromatic heterocycles. The minimum absolute atomic E-state index is 0.0227. The van der Waals surface area contributed by atoms with Gasteiger partial charge in [0.15, 0.2) is 0 Å². The van der Waals surface area contributed by atoms with Gasteiger partial charge >= 0.3 is 0 Å². The van der Waals surface area contributed by atoms with E-state index in [4.69, 9.17) is 4.42 Å². The number of rotatable bonds is 4. The van der Waals surface area contributed by atoms with Gasteiger partial charge in [-0.15, -0.1) is 0 Å². The molecule has 0 aliphatic heterocycles. The van der Waals surface area contributed by atoms with Crippen molar-refractivity contribution in [1.29, 1.82) is 0 Å². The summed E-state index contributed by atoms with van der Waals surface area (Å²) < 4.78 is 6.23. The molecule has 0 atom stereocenters. The molecule has 1 heterocycles. The van der Waals surface area contributed by atoms with Crippen LogP contribution in [0.5, 0.6) is 0 Å². The lowest BCUT2D eigenvalue weighted by molar-refractivity contribution is 0.590. The maximum Gasteiger partial charge on any atom is 0.135 e. The topological polar surface area (TPSA) is 16.4 Å². The maximum atomic E-state index is 6.23. The van der Waals surface area contributed by atoms with Gasteiger partial charge in [0.2, 0.25) is 0 Å². The second kappa shape index (κ2) is 11.7. The van der Waals surface area contributed by atoms with Crippen molar-refractivity contribution in [1.82, 2.24) is 0 Å². The van der Waals surface area contributed by atoms with Crippen LogP contribution in [0, 0.1) is 0 Å². The first-order chi connectivity index (χ1) is 26.0. The van der Waals surface area contributed by atoms with Crippen molar-refractivity contribution in [2.45, 2.75) is 52.4 Å². The van der Waals surface area contributed by atoms with Gasteiger partial charge in [0.1, 0.15) is 11.2 Å². The summed E-state index contributed by atoms with van der Waals surface area (Å²) in [6, 6.07) is 56.3. The summed E-state index contributed by atoms with van der Waals surface area (Å²) in [4.78, 5) is 2.39. The van der Waals surface area contributed by atoms with Crippen molar-refractivity contribution < 1.29 is 4.42 Å². The first kappa shape index (κ1) is 32.5. The monoisotopic (exact) mass is 697 g/mol. The number of hydrogen-bond donors (Lipinski definition) is 0. The first-order valence-corrected chi connectivity index (χ1v) is 19.1. The van der Waals surface area contributed by atoms with E-state index in [9.17, 15) is 0 Å². The summed E-state index contributed by atoms with van der Waals surface area (Å²) in [5.74, 6) is 0. The molecule has 2 heteroatoms.